The van der Waals surface area contributed by atoms with Crippen LogP contribution in [0.4, 0.5) is 18.9 Å². The van der Waals surface area contributed by atoms with E-state index >= 15 is 0 Å². The molecule has 1 nitrogen and oxygen atoms in total. The average molecular weight is 322 g/mol. The van der Waals surface area contributed by atoms with E-state index in [0.29, 0.717) is 16.9 Å². The van der Waals surface area contributed by atoms with Gasteiger partial charge in [-0.15, -0.1) is 0 Å². The molecule has 0 radical (unpaired) electrons. The van der Waals surface area contributed by atoms with Crippen LogP contribution in [0.5, 0.6) is 0 Å². The molecule has 18 heavy (non-hydrogen) atoms. The molecular weight excluding hydrogens is 307 g/mol. The Labute approximate surface area is 113 Å². The van der Waals surface area contributed by atoms with E-state index in [-0.39, 0.29) is 5.69 Å². The largest absolute Gasteiger partial charge is 0.418 e. The van der Waals surface area contributed by atoms with Crippen LogP contribution in [0.1, 0.15) is 31.2 Å². The van der Waals surface area contributed by atoms with Crippen molar-refractivity contribution < 1.29 is 13.2 Å². The number of hydrogen-bond acceptors (Lipinski definition) is 1. The quantitative estimate of drug-likeness (QED) is 0.819. The third kappa shape index (κ3) is 3.40. The maximum absolute atomic E-state index is 12.9. The lowest BCUT2D eigenvalue weighted by Crippen LogP contribution is -2.15. The molecule has 0 saturated heterocycles. The highest BCUT2D eigenvalue weighted by molar-refractivity contribution is 9.10. The van der Waals surface area contributed by atoms with Gasteiger partial charge in [-0.2, -0.15) is 13.2 Å². The molecule has 0 unspecified atom stereocenters. The van der Waals surface area contributed by atoms with Gasteiger partial charge in [-0.3, -0.25) is 0 Å². The van der Waals surface area contributed by atoms with Crippen LogP contribution in [-0.2, 0) is 6.18 Å². The first kappa shape index (κ1) is 13.7. The van der Waals surface area contributed by atoms with E-state index in [9.17, 15) is 13.2 Å². The van der Waals surface area contributed by atoms with Gasteiger partial charge in [-0.1, -0.05) is 28.8 Å². The lowest BCUT2D eigenvalue weighted by molar-refractivity contribution is -0.137. The summed E-state index contributed by atoms with van der Waals surface area (Å²) in [5.74, 6) is 0.509. The van der Waals surface area contributed by atoms with Crippen molar-refractivity contribution in [3.8, 4) is 0 Å². The van der Waals surface area contributed by atoms with Gasteiger partial charge >= 0.3 is 6.18 Å². The molecule has 1 aromatic carbocycles. The second-order valence-electron chi connectivity index (χ2n) is 4.72. The summed E-state index contributed by atoms with van der Waals surface area (Å²) in [7, 11) is 0. The molecule has 1 aliphatic carbocycles. The van der Waals surface area contributed by atoms with Crippen molar-refractivity contribution in [2.45, 2.75) is 31.9 Å². The molecule has 0 heterocycles. The fourth-order valence-corrected chi connectivity index (χ4v) is 2.74. The summed E-state index contributed by atoms with van der Waals surface area (Å²) in [6.07, 6.45) is 0.301. The van der Waals surface area contributed by atoms with E-state index in [1.807, 2.05) is 0 Å². The first-order valence-corrected chi connectivity index (χ1v) is 6.87. The number of benzene rings is 1. The zero-order valence-electron chi connectivity index (χ0n) is 9.86. The molecule has 1 aromatic rings. The van der Waals surface area contributed by atoms with Crippen LogP contribution >= 0.6 is 15.9 Å². The zero-order chi connectivity index (χ0) is 13.2. The molecule has 100 valence electrons. The predicted molar refractivity (Wildman–Crippen MR) is 69.6 cm³/mol. The van der Waals surface area contributed by atoms with Gasteiger partial charge in [0.05, 0.1) is 5.56 Å². The van der Waals surface area contributed by atoms with Crippen LogP contribution in [0.15, 0.2) is 22.7 Å². The standard InChI is InChI=1S/C13H15BrF3N/c14-10-5-6-12(11(7-10)13(15,16)17)18-8-9-3-1-2-4-9/h5-7,9,18H,1-4,8H2. The zero-order valence-corrected chi connectivity index (χ0v) is 11.4. The van der Waals surface area contributed by atoms with Crippen molar-refractivity contribution in [1.29, 1.82) is 0 Å². The number of alkyl halides is 3. The van der Waals surface area contributed by atoms with E-state index in [2.05, 4.69) is 21.2 Å². The van der Waals surface area contributed by atoms with E-state index in [1.54, 1.807) is 6.07 Å². The molecule has 1 fully saturated rings. The first-order chi connectivity index (χ1) is 8.47. The molecular formula is C13H15BrF3N. The van der Waals surface area contributed by atoms with Crippen LogP contribution in [0.2, 0.25) is 0 Å². The van der Waals surface area contributed by atoms with Gasteiger partial charge in [-0.25, -0.2) is 0 Å². The summed E-state index contributed by atoms with van der Waals surface area (Å²) in [5, 5.41) is 2.95. The van der Waals surface area contributed by atoms with E-state index in [4.69, 9.17) is 0 Å². The Bertz CT molecular complexity index is 411. The monoisotopic (exact) mass is 321 g/mol. The fourth-order valence-electron chi connectivity index (χ4n) is 2.37. The van der Waals surface area contributed by atoms with Crippen molar-refractivity contribution >= 4 is 21.6 Å². The number of rotatable bonds is 3. The maximum Gasteiger partial charge on any atom is 0.418 e. The number of hydrogen-bond donors (Lipinski definition) is 1. The Morgan fingerprint density at radius 1 is 1.22 bits per heavy atom. The Kier molecular flexibility index (Phi) is 4.20. The molecule has 0 amide bonds. The van der Waals surface area contributed by atoms with E-state index in [0.717, 1.165) is 18.9 Å². The SMILES string of the molecule is FC(F)(F)c1cc(Br)ccc1NCC1CCCC1. The molecule has 0 atom stereocenters. The van der Waals surface area contributed by atoms with Crippen LogP contribution in [0.3, 0.4) is 0 Å². The lowest BCUT2D eigenvalue weighted by Gasteiger charge is -2.17. The van der Waals surface area contributed by atoms with Crippen LogP contribution in [0, 0.1) is 5.92 Å². The molecule has 2 rings (SSSR count). The Balaban J connectivity index is 2.11. The second kappa shape index (κ2) is 5.51. The highest BCUT2D eigenvalue weighted by atomic mass is 79.9. The van der Waals surface area contributed by atoms with Gasteiger partial charge in [0.2, 0.25) is 0 Å². The second-order valence-corrected chi connectivity index (χ2v) is 5.63. The number of nitrogens with one attached hydrogen (secondary N) is 1. The van der Waals surface area contributed by atoms with Crippen molar-refractivity contribution in [1.82, 2.24) is 0 Å². The maximum atomic E-state index is 12.9. The van der Waals surface area contributed by atoms with E-state index < -0.39 is 11.7 Å². The molecule has 1 aliphatic rings. The lowest BCUT2D eigenvalue weighted by atomic mass is 10.1. The van der Waals surface area contributed by atoms with Crippen molar-refractivity contribution in [3.05, 3.63) is 28.2 Å². The fraction of sp³-hybridized carbons (Fsp3) is 0.538. The summed E-state index contributed by atoms with van der Waals surface area (Å²) in [6.45, 7) is 0.630. The summed E-state index contributed by atoms with van der Waals surface area (Å²) in [4.78, 5) is 0. The third-order valence-corrected chi connectivity index (χ3v) is 3.84. The normalized spacial score (nSPS) is 17.1. The number of anilines is 1. The smallest absolute Gasteiger partial charge is 0.384 e. The van der Waals surface area contributed by atoms with Gasteiger partial charge in [0.1, 0.15) is 0 Å². The predicted octanol–water partition coefficient (Wildman–Crippen LogP) is 5.07. The minimum atomic E-state index is -4.32. The average Bonchev–Trinajstić information content (AvgIpc) is 2.79. The summed E-state index contributed by atoms with van der Waals surface area (Å²) >= 11 is 3.08. The Hall–Kier alpha value is -0.710. The van der Waals surface area contributed by atoms with Gasteiger partial charge in [0, 0.05) is 16.7 Å². The molecule has 1 N–H and O–H groups in total. The van der Waals surface area contributed by atoms with Crippen LogP contribution in [0.25, 0.3) is 0 Å². The van der Waals surface area contributed by atoms with Gasteiger partial charge < -0.3 is 5.32 Å². The Morgan fingerprint density at radius 2 is 1.89 bits per heavy atom. The molecule has 0 spiro atoms. The molecule has 0 bridgehead atoms. The first-order valence-electron chi connectivity index (χ1n) is 6.07. The summed E-state index contributed by atoms with van der Waals surface area (Å²) in [6, 6.07) is 4.24. The van der Waals surface area contributed by atoms with E-state index in [1.165, 1.54) is 18.9 Å². The topological polar surface area (TPSA) is 12.0 Å². The molecule has 0 aromatic heterocycles. The Morgan fingerprint density at radius 3 is 2.50 bits per heavy atom. The minimum Gasteiger partial charge on any atom is -0.384 e. The minimum absolute atomic E-state index is 0.178. The van der Waals surface area contributed by atoms with Gasteiger partial charge in [0.25, 0.3) is 0 Å². The third-order valence-electron chi connectivity index (χ3n) is 3.34. The molecule has 0 aliphatic heterocycles. The molecule has 1 saturated carbocycles. The van der Waals surface area contributed by atoms with Gasteiger partial charge in [-0.05, 0) is 37.0 Å². The van der Waals surface area contributed by atoms with Crippen molar-refractivity contribution in [3.63, 3.8) is 0 Å². The van der Waals surface area contributed by atoms with Crippen LogP contribution in [-0.4, -0.2) is 6.54 Å². The summed E-state index contributed by atoms with van der Waals surface area (Å²) < 4.78 is 39.0. The summed E-state index contributed by atoms with van der Waals surface area (Å²) in [5.41, 5.74) is -0.424. The van der Waals surface area contributed by atoms with Crippen molar-refractivity contribution in [2.24, 2.45) is 5.92 Å². The van der Waals surface area contributed by atoms with Crippen LogP contribution < -0.4 is 5.32 Å². The van der Waals surface area contributed by atoms with Gasteiger partial charge in [0.15, 0.2) is 0 Å². The highest BCUT2D eigenvalue weighted by Gasteiger charge is 2.33. The highest BCUT2D eigenvalue weighted by Crippen LogP contribution is 2.37. The van der Waals surface area contributed by atoms with Crippen molar-refractivity contribution in [2.75, 3.05) is 11.9 Å². The molecule has 5 heteroatoms. The number of halogens is 4.